The Morgan fingerprint density at radius 3 is 2.68 bits per heavy atom. The number of aromatic hydroxyl groups is 1. The zero-order valence-electron chi connectivity index (χ0n) is 14.1. The summed E-state index contributed by atoms with van der Waals surface area (Å²) in [6, 6.07) is 3.97. The molecule has 3 N–H and O–H groups in total. The normalized spacial score (nSPS) is 16.8. The van der Waals surface area contributed by atoms with Crippen LogP contribution in [0, 0.1) is 0 Å². The number of carbonyl (C=O) groups is 3. The molecule has 0 saturated carbocycles. The summed E-state index contributed by atoms with van der Waals surface area (Å²) >= 11 is 5.87. The Bertz CT molecular complexity index is 761. The van der Waals surface area contributed by atoms with Gasteiger partial charge in [0.25, 0.3) is 5.91 Å². The van der Waals surface area contributed by atoms with Crippen molar-refractivity contribution >= 4 is 35.2 Å². The maximum Gasteiger partial charge on any atom is 0.325 e. The summed E-state index contributed by atoms with van der Waals surface area (Å²) < 4.78 is 0. The van der Waals surface area contributed by atoms with E-state index in [1.807, 2.05) is 0 Å². The van der Waals surface area contributed by atoms with Gasteiger partial charge in [-0.3, -0.25) is 14.5 Å². The predicted octanol–water partition coefficient (Wildman–Crippen LogP) is 1.61. The van der Waals surface area contributed by atoms with Gasteiger partial charge in [0.05, 0.1) is 5.71 Å². The van der Waals surface area contributed by atoms with Gasteiger partial charge in [-0.15, -0.1) is 0 Å². The third-order valence-corrected chi connectivity index (χ3v) is 3.94. The number of hydrogen-bond donors (Lipinski definition) is 3. The monoisotopic (exact) mass is 366 g/mol. The number of amides is 4. The molecule has 0 unspecified atom stereocenters. The fourth-order valence-corrected chi connectivity index (χ4v) is 2.47. The molecule has 0 radical (unpaired) electrons. The summed E-state index contributed by atoms with van der Waals surface area (Å²) in [6.07, 6.45) is -0.0897. The van der Waals surface area contributed by atoms with Gasteiger partial charge in [-0.05, 0) is 39.0 Å². The number of hydrazone groups is 1. The summed E-state index contributed by atoms with van der Waals surface area (Å²) in [4.78, 5) is 36.6. The van der Waals surface area contributed by atoms with Crippen molar-refractivity contribution in [2.24, 2.45) is 5.10 Å². The van der Waals surface area contributed by atoms with Gasteiger partial charge in [-0.1, -0.05) is 11.6 Å². The molecule has 1 aromatic rings. The number of benzene rings is 1. The topological polar surface area (TPSA) is 111 Å². The van der Waals surface area contributed by atoms with Crippen LogP contribution in [0.2, 0.25) is 5.02 Å². The van der Waals surface area contributed by atoms with Crippen molar-refractivity contribution in [3.05, 3.63) is 28.8 Å². The van der Waals surface area contributed by atoms with Crippen LogP contribution in [0.25, 0.3) is 0 Å². The Labute approximate surface area is 149 Å². The average molecular weight is 367 g/mol. The number of hydrogen-bond acceptors (Lipinski definition) is 5. The molecule has 1 saturated heterocycles. The number of rotatable bonds is 5. The van der Waals surface area contributed by atoms with Crippen LogP contribution in [0.5, 0.6) is 5.75 Å². The Morgan fingerprint density at radius 2 is 2.08 bits per heavy atom. The van der Waals surface area contributed by atoms with Crippen LogP contribution in [-0.4, -0.2) is 45.6 Å². The van der Waals surface area contributed by atoms with Crippen molar-refractivity contribution in [1.29, 1.82) is 0 Å². The summed E-state index contributed by atoms with van der Waals surface area (Å²) in [5, 5.41) is 16.7. The minimum atomic E-state index is -0.966. The highest BCUT2D eigenvalue weighted by molar-refractivity contribution is 6.31. The molecule has 8 nitrogen and oxygen atoms in total. The molecule has 0 bridgehead atoms. The zero-order valence-corrected chi connectivity index (χ0v) is 14.8. The fourth-order valence-electron chi connectivity index (χ4n) is 2.29. The molecule has 0 atom stereocenters. The lowest BCUT2D eigenvalue weighted by molar-refractivity contribution is -0.130. The highest BCUT2D eigenvalue weighted by atomic mass is 35.5. The van der Waals surface area contributed by atoms with E-state index >= 15 is 0 Å². The highest BCUT2D eigenvalue weighted by Crippen LogP contribution is 2.22. The Kier molecular flexibility index (Phi) is 5.32. The van der Waals surface area contributed by atoms with Crippen LogP contribution >= 0.6 is 11.6 Å². The molecule has 0 spiro atoms. The Balaban J connectivity index is 1.94. The first-order chi connectivity index (χ1) is 11.6. The molecule has 0 aromatic heterocycles. The number of carbonyl (C=O) groups excluding carboxylic acids is 3. The van der Waals surface area contributed by atoms with E-state index in [4.69, 9.17) is 11.6 Å². The summed E-state index contributed by atoms with van der Waals surface area (Å²) in [5.41, 5.74) is 2.12. The van der Waals surface area contributed by atoms with Gasteiger partial charge in [-0.25, -0.2) is 10.2 Å². The second-order valence-corrected chi connectivity index (χ2v) is 6.59. The molecule has 1 aliphatic rings. The van der Waals surface area contributed by atoms with Gasteiger partial charge in [0.1, 0.15) is 11.3 Å². The number of urea groups is 1. The highest BCUT2D eigenvalue weighted by Gasteiger charge is 2.43. The molecule has 1 aromatic carbocycles. The minimum absolute atomic E-state index is 0.0125. The van der Waals surface area contributed by atoms with Crippen molar-refractivity contribution < 1.29 is 19.5 Å². The maximum atomic E-state index is 12.0. The number of nitrogens with zero attached hydrogens (tertiary/aromatic N) is 2. The van der Waals surface area contributed by atoms with Gasteiger partial charge in [0, 0.05) is 23.6 Å². The lowest BCUT2D eigenvalue weighted by Gasteiger charge is -2.15. The van der Waals surface area contributed by atoms with Crippen LogP contribution in [0.4, 0.5) is 4.79 Å². The molecular formula is C16H19ClN4O4. The summed E-state index contributed by atoms with van der Waals surface area (Å²) in [5.74, 6) is -0.860. The third-order valence-electron chi connectivity index (χ3n) is 3.70. The molecule has 2 rings (SSSR count). The van der Waals surface area contributed by atoms with E-state index in [2.05, 4.69) is 15.8 Å². The number of imide groups is 1. The standard InChI is InChI=1S/C16H19ClN4O4/c1-9(11-8-10(17)4-5-12(11)22)19-20-13(23)6-7-21-14(24)16(2,3)18-15(21)25/h4-5,8,22H,6-7H2,1-3H3,(H,18,25)(H,20,23)/b19-9+. The number of halogens is 1. The van der Waals surface area contributed by atoms with E-state index in [-0.39, 0.29) is 24.6 Å². The van der Waals surface area contributed by atoms with E-state index in [0.717, 1.165) is 4.90 Å². The van der Waals surface area contributed by atoms with Gasteiger partial charge in [-0.2, -0.15) is 5.10 Å². The van der Waals surface area contributed by atoms with E-state index in [1.54, 1.807) is 20.8 Å². The lowest BCUT2D eigenvalue weighted by atomic mass is 10.1. The Morgan fingerprint density at radius 1 is 1.40 bits per heavy atom. The quantitative estimate of drug-likeness (QED) is 0.417. The number of phenols is 1. The second-order valence-electron chi connectivity index (χ2n) is 6.16. The van der Waals surface area contributed by atoms with Crippen molar-refractivity contribution in [3.8, 4) is 5.75 Å². The van der Waals surface area contributed by atoms with Gasteiger partial charge >= 0.3 is 6.03 Å². The molecular weight excluding hydrogens is 348 g/mol. The first-order valence-electron chi connectivity index (χ1n) is 7.58. The predicted molar refractivity (Wildman–Crippen MR) is 92.4 cm³/mol. The SMILES string of the molecule is C/C(=N\NC(=O)CCN1C(=O)NC(C)(C)C1=O)c1cc(Cl)ccc1O. The van der Waals surface area contributed by atoms with Gasteiger partial charge in [0.15, 0.2) is 0 Å². The molecule has 4 amide bonds. The first-order valence-corrected chi connectivity index (χ1v) is 7.96. The van der Waals surface area contributed by atoms with Crippen molar-refractivity contribution in [2.75, 3.05) is 6.54 Å². The van der Waals surface area contributed by atoms with E-state index < -0.39 is 17.5 Å². The molecule has 1 aliphatic heterocycles. The summed E-state index contributed by atoms with van der Waals surface area (Å²) in [7, 11) is 0. The molecule has 0 aliphatic carbocycles. The molecule has 1 fully saturated rings. The number of nitrogens with one attached hydrogen (secondary N) is 2. The van der Waals surface area contributed by atoms with E-state index in [1.165, 1.54) is 18.2 Å². The van der Waals surface area contributed by atoms with Crippen LogP contribution < -0.4 is 10.7 Å². The van der Waals surface area contributed by atoms with Crippen LogP contribution in [0.1, 0.15) is 32.8 Å². The maximum absolute atomic E-state index is 12.0. The van der Waals surface area contributed by atoms with E-state index in [9.17, 15) is 19.5 Å². The second kappa shape index (κ2) is 7.10. The smallest absolute Gasteiger partial charge is 0.325 e. The van der Waals surface area contributed by atoms with Crippen LogP contribution in [-0.2, 0) is 9.59 Å². The molecule has 9 heteroatoms. The van der Waals surface area contributed by atoms with Crippen molar-refractivity contribution in [2.45, 2.75) is 32.7 Å². The van der Waals surface area contributed by atoms with Gasteiger partial charge < -0.3 is 10.4 Å². The molecule has 1 heterocycles. The van der Waals surface area contributed by atoms with Crippen LogP contribution in [0.3, 0.4) is 0 Å². The third kappa shape index (κ3) is 4.27. The van der Waals surface area contributed by atoms with Gasteiger partial charge in [0.2, 0.25) is 5.91 Å². The average Bonchev–Trinajstić information content (AvgIpc) is 2.73. The molecule has 25 heavy (non-hydrogen) atoms. The fraction of sp³-hybridized carbons (Fsp3) is 0.375. The number of phenolic OH excluding ortho intramolecular Hbond substituents is 1. The Hall–Kier alpha value is -2.61. The van der Waals surface area contributed by atoms with Crippen LogP contribution in [0.15, 0.2) is 23.3 Å². The summed E-state index contributed by atoms with van der Waals surface area (Å²) in [6.45, 7) is 4.75. The zero-order chi connectivity index (χ0) is 18.8. The van der Waals surface area contributed by atoms with Crippen molar-refractivity contribution in [3.63, 3.8) is 0 Å². The lowest BCUT2D eigenvalue weighted by Crippen LogP contribution is -2.40. The molecule has 134 valence electrons. The largest absolute Gasteiger partial charge is 0.507 e. The van der Waals surface area contributed by atoms with Crippen molar-refractivity contribution in [1.82, 2.24) is 15.6 Å². The first kappa shape index (κ1) is 18.7. The van der Waals surface area contributed by atoms with E-state index in [0.29, 0.717) is 16.3 Å². The minimum Gasteiger partial charge on any atom is -0.507 e.